The van der Waals surface area contributed by atoms with Crippen molar-refractivity contribution in [2.75, 3.05) is 20.3 Å². The van der Waals surface area contributed by atoms with E-state index in [4.69, 9.17) is 16.7 Å². The highest BCUT2D eigenvalue weighted by Gasteiger charge is 2.20. The number of H-pyrrole nitrogens is 1. The van der Waals surface area contributed by atoms with Crippen LogP contribution in [0.4, 0.5) is 0 Å². The second-order valence-electron chi connectivity index (χ2n) is 2.86. The molecule has 3 N–H and O–H groups in total. The van der Waals surface area contributed by atoms with Crippen molar-refractivity contribution in [2.45, 2.75) is 0 Å². The zero-order chi connectivity index (χ0) is 12.1. The maximum absolute atomic E-state index is 11.5. The Labute approximate surface area is 96.5 Å². The fraction of sp³-hybridized carbons (Fsp3) is 0.333. The van der Waals surface area contributed by atoms with Crippen LogP contribution in [0.1, 0.15) is 20.8 Å². The fourth-order valence-corrected chi connectivity index (χ4v) is 1.36. The van der Waals surface area contributed by atoms with E-state index in [-0.39, 0.29) is 29.4 Å². The molecule has 7 heteroatoms. The second-order valence-corrected chi connectivity index (χ2v) is 3.24. The minimum absolute atomic E-state index is 0.00212. The topological polar surface area (TPSA) is 91.4 Å². The summed E-state index contributed by atoms with van der Waals surface area (Å²) in [5.74, 6) is -1.11. The number of esters is 1. The third-order valence-corrected chi connectivity index (χ3v) is 2.24. The van der Waals surface area contributed by atoms with E-state index in [0.29, 0.717) is 0 Å². The predicted octanol–water partition coefficient (Wildman–Crippen LogP) is 0.177. The van der Waals surface area contributed by atoms with Crippen molar-refractivity contribution >= 4 is 23.5 Å². The number of aliphatic hydroxyl groups excluding tert-OH is 1. The third kappa shape index (κ3) is 2.53. The van der Waals surface area contributed by atoms with Gasteiger partial charge in [0.05, 0.1) is 24.3 Å². The van der Waals surface area contributed by atoms with Crippen LogP contribution in [-0.2, 0) is 4.74 Å². The van der Waals surface area contributed by atoms with Gasteiger partial charge in [-0.05, 0) is 0 Å². The first-order valence-electron chi connectivity index (χ1n) is 4.46. The van der Waals surface area contributed by atoms with E-state index < -0.39 is 11.9 Å². The molecule has 1 aromatic heterocycles. The van der Waals surface area contributed by atoms with Crippen molar-refractivity contribution in [3.63, 3.8) is 0 Å². The second kappa shape index (κ2) is 5.53. The molecule has 88 valence electrons. The number of amides is 1. The van der Waals surface area contributed by atoms with Gasteiger partial charge in [0.2, 0.25) is 0 Å². The molecule has 0 aliphatic rings. The molecule has 0 saturated heterocycles. The molecule has 0 spiro atoms. The summed E-state index contributed by atoms with van der Waals surface area (Å²) in [5, 5.41) is 10.9. The summed E-state index contributed by atoms with van der Waals surface area (Å²) in [6.07, 6.45) is 1.31. The average molecular weight is 247 g/mol. The van der Waals surface area contributed by atoms with E-state index in [9.17, 15) is 9.59 Å². The molecule has 0 radical (unpaired) electrons. The average Bonchev–Trinajstić information content (AvgIpc) is 2.67. The van der Waals surface area contributed by atoms with E-state index in [1.807, 2.05) is 0 Å². The maximum Gasteiger partial charge on any atom is 0.356 e. The number of rotatable bonds is 4. The lowest BCUT2D eigenvalue weighted by Crippen LogP contribution is -2.26. The van der Waals surface area contributed by atoms with Crippen LogP contribution in [0.25, 0.3) is 0 Å². The molecule has 1 amide bonds. The lowest BCUT2D eigenvalue weighted by atomic mass is 10.3. The first-order valence-corrected chi connectivity index (χ1v) is 4.83. The van der Waals surface area contributed by atoms with Gasteiger partial charge in [-0.15, -0.1) is 0 Å². The highest BCUT2D eigenvalue weighted by molar-refractivity contribution is 6.36. The molecule has 0 fully saturated rings. The Morgan fingerprint density at radius 2 is 2.31 bits per heavy atom. The van der Waals surface area contributed by atoms with Crippen LogP contribution >= 0.6 is 11.6 Å². The van der Waals surface area contributed by atoms with Crippen molar-refractivity contribution < 1.29 is 19.4 Å². The number of hydrogen-bond acceptors (Lipinski definition) is 4. The Balaban J connectivity index is 2.87. The van der Waals surface area contributed by atoms with Crippen molar-refractivity contribution in [1.29, 1.82) is 0 Å². The summed E-state index contributed by atoms with van der Waals surface area (Å²) in [6.45, 7) is -0.0501. The number of aromatic amines is 1. The van der Waals surface area contributed by atoms with Gasteiger partial charge in [-0.3, -0.25) is 4.79 Å². The fourth-order valence-electron chi connectivity index (χ4n) is 1.09. The predicted molar refractivity (Wildman–Crippen MR) is 56.6 cm³/mol. The number of aromatic nitrogens is 1. The van der Waals surface area contributed by atoms with Gasteiger partial charge in [-0.2, -0.15) is 0 Å². The highest BCUT2D eigenvalue weighted by atomic mass is 35.5. The van der Waals surface area contributed by atoms with Crippen LogP contribution in [0.15, 0.2) is 6.20 Å². The molecule has 0 saturated carbocycles. The van der Waals surface area contributed by atoms with Crippen LogP contribution in [0.3, 0.4) is 0 Å². The van der Waals surface area contributed by atoms with E-state index >= 15 is 0 Å². The summed E-state index contributed by atoms with van der Waals surface area (Å²) in [7, 11) is 1.21. The number of aliphatic hydroxyl groups is 1. The first-order chi connectivity index (χ1) is 7.61. The summed E-state index contributed by atoms with van der Waals surface area (Å²) in [5.41, 5.74) is 0.161. The minimum atomic E-state index is -0.647. The van der Waals surface area contributed by atoms with E-state index in [0.717, 1.165) is 0 Å². The number of ether oxygens (including phenoxy) is 1. The Morgan fingerprint density at radius 3 is 2.88 bits per heavy atom. The van der Waals surface area contributed by atoms with Gasteiger partial charge in [0.15, 0.2) is 0 Å². The van der Waals surface area contributed by atoms with Crippen molar-refractivity contribution in [3.05, 3.63) is 22.5 Å². The van der Waals surface area contributed by atoms with Crippen LogP contribution < -0.4 is 5.32 Å². The largest absolute Gasteiger partial charge is 0.464 e. The van der Waals surface area contributed by atoms with Crippen molar-refractivity contribution in [1.82, 2.24) is 10.3 Å². The minimum Gasteiger partial charge on any atom is -0.464 e. The molecule has 16 heavy (non-hydrogen) atoms. The van der Waals surface area contributed by atoms with Crippen LogP contribution in [0.2, 0.25) is 5.02 Å². The highest BCUT2D eigenvalue weighted by Crippen LogP contribution is 2.21. The SMILES string of the molecule is COC(=O)c1[nH]cc(C(=O)NCCO)c1Cl. The molecule has 6 nitrogen and oxygen atoms in total. The van der Waals surface area contributed by atoms with Crippen LogP contribution in [0, 0.1) is 0 Å². The van der Waals surface area contributed by atoms with Gasteiger partial charge in [0.25, 0.3) is 5.91 Å². The van der Waals surface area contributed by atoms with Crippen molar-refractivity contribution in [3.8, 4) is 0 Å². The standard InChI is InChI=1S/C9H11ClN2O4/c1-16-9(15)7-6(10)5(4-12-7)8(14)11-2-3-13/h4,12-13H,2-3H2,1H3,(H,11,14). The number of halogens is 1. The number of nitrogens with one attached hydrogen (secondary N) is 2. The molecule has 1 aromatic rings. The van der Waals surface area contributed by atoms with Gasteiger partial charge >= 0.3 is 5.97 Å². The molecule has 1 heterocycles. The first kappa shape index (κ1) is 12.5. The van der Waals surface area contributed by atoms with Gasteiger partial charge in [-0.25, -0.2) is 4.79 Å². The molecule has 0 atom stereocenters. The van der Waals surface area contributed by atoms with Gasteiger partial charge in [0, 0.05) is 12.7 Å². The quantitative estimate of drug-likeness (QED) is 0.661. The normalized spacial score (nSPS) is 9.94. The molecule has 0 aliphatic carbocycles. The van der Waals surface area contributed by atoms with Gasteiger partial charge < -0.3 is 20.1 Å². The Morgan fingerprint density at radius 1 is 1.62 bits per heavy atom. The Hall–Kier alpha value is -1.53. The van der Waals surface area contributed by atoms with Gasteiger partial charge in [0.1, 0.15) is 5.69 Å². The maximum atomic E-state index is 11.5. The monoisotopic (exact) mass is 246 g/mol. The van der Waals surface area contributed by atoms with Crippen LogP contribution in [0.5, 0.6) is 0 Å². The summed E-state index contributed by atoms with van der Waals surface area (Å²) in [6, 6.07) is 0. The molecule has 0 unspecified atom stereocenters. The number of carbonyl (C=O) groups is 2. The zero-order valence-corrected chi connectivity index (χ0v) is 9.30. The Bertz CT molecular complexity index is 402. The molecule has 0 bridgehead atoms. The molecule has 0 aromatic carbocycles. The zero-order valence-electron chi connectivity index (χ0n) is 8.54. The van der Waals surface area contributed by atoms with Crippen molar-refractivity contribution in [2.24, 2.45) is 0 Å². The molecular weight excluding hydrogens is 236 g/mol. The van der Waals surface area contributed by atoms with Crippen LogP contribution in [-0.4, -0.2) is 42.2 Å². The Kier molecular flexibility index (Phi) is 4.33. The molecular formula is C9H11ClN2O4. The molecule has 0 aliphatic heterocycles. The van der Waals surface area contributed by atoms with E-state index in [1.54, 1.807) is 0 Å². The third-order valence-electron chi connectivity index (χ3n) is 1.85. The number of hydrogen-bond donors (Lipinski definition) is 3. The number of methoxy groups -OCH3 is 1. The summed E-state index contributed by atoms with van der Waals surface area (Å²) in [4.78, 5) is 25.2. The number of carbonyl (C=O) groups excluding carboxylic acids is 2. The lowest BCUT2D eigenvalue weighted by molar-refractivity contribution is 0.0595. The summed E-state index contributed by atoms with van der Waals surface area (Å²) >= 11 is 5.82. The molecule has 1 rings (SSSR count). The van der Waals surface area contributed by atoms with E-state index in [1.165, 1.54) is 13.3 Å². The van der Waals surface area contributed by atoms with Gasteiger partial charge in [-0.1, -0.05) is 11.6 Å². The smallest absolute Gasteiger partial charge is 0.356 e. The lowest BCUT2D eigenvalue weighted by Gasteiger charge is -2.01. The van der Waals surface area contributed by atoms with E-state index in [2.05, 4.69) is 15.0 Å². The summed E-state index contributed by atoms with van der Waals surface area (Å²) < 4.78 is 4.46.